The third-order valence-electron chi connectivity index (χ3n) is 5.87. The second-order valence-corrected chi connectivity index (χ2v) is 7.61. The molecule has 1 aromatic heterocycles. The van der Waals surface area contributed by atoms with E-state index in [1.165, 1.54) is 0 Å². The van der Waals surface area contributed by atoms with Crippen molar-refractivity contribution < 1.29 is 19.4 Å². The minimum Gasteiger partial charge on any atom is -0.396 e. The number of carbonyl (C=O) groups excluding carboxylic acids is 1. The summed E-state index contributed by atoms with van der Waals surface area (Å²) in [6, 6.07) is 5.72. The average molecular weight is 388 g/mol. The molecule has 1 aliphatic heterocycles. The molecule has 0 radical (unpaired) electrons. The molecule has 2 aromatic rings. The van der Waals surface area contributed by atoms with Crippen LogP contribution in [-0.2, 0) is 16.5 Å². The molecule has 2 heterocycles. The number of hydrogen-bond donors (Lipinski definition) is 2. The third-order valence-corrected chi connectivity index (χ3v) is 5.87. The predicted molar refractivity (Wildman–Crippen MR) is 105 cm³/mol. The Morgan fingerprint density at radius 1 is 1.43 bits per heavy atom. The topological polar surface area (TPSA) is 88.8 Å². The van der Waals surface area contributed by atoms with Gasteiger partial charge in [-0.1, -0.05) is 0 Å². The number of nitrogens with one attached hydrogen (secondary N) is 1. The van der Waals surface area contributed by atoms with Crippen LogP contribution in [0.2, 0.25) is 0 Å². The maximum atomic E-state index is 13.2. The number of aryl methyl sites for hydroxylation is 1. The van der Waals surface area contributed by atoms with Crippen LogP contribution in [0.1, 0.15) is 23.2 Å². The molecule has 152 valence electrons. The second kappa shape index (κ2) is 8.06. The Hall–Kier alpha value is -2.16. The number of aliphatic hydroxyl groups is 1. The molecule has 1 unspecified atom stereocenters. The van der Waals surface area contributed by atoms with Crippen molar-refractivity contribution in [2.75, 3.05) is 45.3 Å². The van der Waals surface area contributed by atoms with Crippen molar-refractivity contribution in [1.29, 1.82) is 0 Å². The number of benzene rings is 1. The van der Waals surface area contributed by atoms with Crippen LogP contribution in [0.3, 0.4) is 0 Å². The van der Waals surface area contributed by atoms with Gasteiger partial charge in [-0.05, 0) is 37.0 Å². The van der Waals surface area contributed by atoms with E-state index in [4.69, 9.17) is 9.47 Å². The Kier molecular flexibility index (Phi) is 5.52. The summed E-state index contributed by atoms with van der Waals surface area (Å²) in [6.07, 6.45) is 1.65. The zero-order valence-electron chi connectivity index (χ0n) is 16.4. The van der Waals surface area contributed by atoms with Gasteiger partial charge in [-0.3, -0.25) is 4.79 Å². The number of aromatic nitrogens is 2. The summed E-state index contributed by atoms with van der Waals surface area (Å²) in [6.45, 7) is 2.55. The van der Waals surface area contributed by atoms with E-state index >= 15 is 0 Å². The van der Waals surface area contributed by atoms with Gasteiger partial charge < -0.3 is 29.4 Å². The van der Waals surface area contributed by atoms with Gasteiger partial charge in [-0.25, -0.2) is 4.98 Å². The molecule has 2 aliphatic rings. The van der Waals surface area contributed by atoms with Crippen LogP contribution in [0.4, 0.5) is 5.95 Å². The summed E-state index contributed by atoms with van der Waals surface area (Å²) in [5.41, 5.74) is 2.40. The van der Waals surface area contributed by atoms with Crippen LogP contribution in [0.15, 0.2) is 18.2 Å². The summed E-state index contributed by atoms with van der Waals surface area (Å²) in [5, 5.41) is 12.7. The van der Waals surface area contributed by atoms with E-state index in [0.717, 1.165) is 29.8 Å². The van der Waals surface area contributed by atoms with E-state index in [1.54, 1.807) is 7.11 Å². The Morgan fingerprint density at radius 3 is 3.07 bits per heavy atom. The lowest BCUT2D eigenvalue weighted by Crippen LogP contribution is -2.51. The number of ether oxygens (including phenoxy) is 2. The number of amides is 1. The molecule has 0 spiro atoms. The van der Waals surface area contributed by atoms with Crippen LogP contribution in [-0.4, -0.2) is 77.6 Å². The Labute approximate surface area is 164 Å². The number of carbonyl (C=O) groups is 1. The highest BCUT2D eigenvalue weighted by atomic mass is 16.5. The zero-order chi connectivity index (χ0) is 19.7. The second-order valence-electron chi connectivity index (χ2n) is 7.61. The fourth-order valence-corrected chi connectivity index (χ4v) is 4.37. The molecule has 1 saturated heterocycles. The maximum absolute atomic E-state index is 13.2. The molecule has 28 heavy (non-hydrogen) atoms. The van der Waals surface area contributed by atoms with Gasteiger partial charge in [0.15, 0.2) is 0 Å². The minimum absolute atomic E-state index is 0.0123. The van der Waals surface area contributed by atoms with Crippen molar-refractivity contribution in [3.63, 3.8) is 0 Å². The summed E-state index contributed by atoms with van der Waals surface area (Å²) in [4.78, 5) is 19.8. The van der Waals surface area contributed by atoms with Gasteiger partial charge in [0.2, 0.25) is 5.95 Å². The SMILES string of the molecule is COCCNc1nc2cc(C(=O)N3CCOC4C[C@H](CO)C[C@@H]43)ccc2n1C. The lowest BCUT2D eigenvalue weighted by atomic mass is 10.1. The first kappa shape index (κ1) is 19.2. The van der Waals surface area contributed by atoms with E-state index < -0.39 is 0 Å². The molecule has 8 nitrogen and oxygen atoms in total. The molecule has 1 saturated carbocycles. The van der Waals surface area contributed by atoms with E-state index in [-0.39, 0.29) is 30.6 Å². The minimum atomic E-state index is 0.0123. The number of morpholine rings is 1. The van der Waals surface area contributed by atoms with Gasteiger partial charge in [0.25, 0.3) is 5.91 Å². The number of imidazole rings is 1. The van der Waals surface area contributed by atoms with Gasteiger partial charge in [0.05, 0.1) is 36.4 Å². The third kappa shape index (κ3) is 3.47. The fourth-order valence-electron chi connectivity index (χ4n) is 4.37. The van der Waals surface area contributed by atoms with Crippen molar-refractivity contribution in [3.8, 4) is 0 Å². The normalized spacial score (nSPS) is 24.5. The summed E-state index contributed by atoms with van der Waals surface area (Å²) in [7, 11) is 3.61. The first-order valence-electron chi connectivity index (χ1n) is 9.85. The molecule has 1 aliphatic carbocycles. The molecular weight excluding hydrogens is 360 g/mol. The van der Waals surface area contributed by atoms with Crippen LogP contribution < -0.4 is 5.32 Å². The quantitative estimate of drug-likeness (QED) is 0.724. The van der Waals surface area contributed by atoms with Gasteiger partial charge in [0, 0.05) is 39.4 Å². The molecule has 2 N–H and O–H groups in total. The number of hydrogen-bond acceptors (Lipinski definition) is 6. The molecule has 0 bridgehead atoms. The van der Waals surface area contributed by atoms with Gasteiger partial charge in [-0.2, -0.15) is 0 Å². The highest BCUT2D eigenvalue weighted by molar-refractivity contribution is 5.98. The monoisotopic (exact) mass is 388 g/mol. The van der Waals surface area contributed by atoms with Crippen LogP contribution in [0.25, 0.3) is 11.0 Å². The first-order valence-corrected chi connectivity index (χ1v) is 9.85. The fraction of sp³-hybridized carbons (Fsp3) is 0.600. The number of fused-ring (bicyclic) bond motifs is 2. The van der Waals surface area contributed by atoms with E-state index in [2.05, 4.69) is 10.3 Å². The first-order chi connectivity index (χ1) is 13.6. The summed E-state index contributed by atoms with van der Waals surface area (Å²) >= 11 is 0. The van der Waals surface area contributed by atoms with Crippen LogP contribution >= 0.6 is 0 Å². The summed E-state index contributed by atoms with van der Waals surface area (Å²) in [5.74, 6) is 0.977. The molecule has 1 amide bonds. The van der Waals surface area contributed by atoms with Crippen LogP contribution in [0.5, 0.6) is 0 Å². The van der Waals surface area contributed by atoms with Crippen molar-refractivity contribution >= 4 is 22.9 Å². The summed E-state index contributed by atoms with van der Waals surface area (Å²) < 4.78 is 12.9. The predicted octanol–water partition coefficient (Wildman–Crippen LogP) is 1.24. The molecule has 8 heteroatoms. The number of nitrogens with zero attached hydrogens (tertiary/aromatic N) is 3. The average Bonchev–Trinajstić information content (AvgIpc) is 3.28. The molecule has 2 fully saturated rings. The van der Waals surface area contributed by atoms with E-state index in [9.17, 15) is 9.90 Å². The Bertz CT molecular complexity index is 852. The number of aliphatic hydroxyl groups excluding tert-OH is 1. The number of rotatable bonds is 6. The molecular formula is C20H28N4O4. The van der Waals surface area contributed by atoms with Crippen molar-refractivity contribution in [2.45, 2.75) is 25.0 Å². The number of methoxy groups -OCH3 is 1. The Balaban J connectivity index is 1.55. The smallest absolute Gasteiger partial charge is 0.254 e. The van der Waals surface area contributed by atoms with Crippen LogP contribution in [0, 0.1) is 5.92 Å². The molecule has 3 atom stereocenters. The van der Waals surface area contributed by atoms with Gasteiger partial charge in [0.1, 0.15) is 0 Å². The molecule has 4 rings (SSSR count). The largest absolute Gasteiger partial charge is 0.396 e. The zero-order valence-corrected chi connectivity index (χ0v) is 16.4. The van der Waals surface area contributed by atoms with Crippen molar-refractivity contribution in [1.82, 2.24) is 14.5 Å². The maximum Gasteiger partial charge on any atom is 0.254 e. The molecule has 1 aromatic carbocycles. The van der Waals surface area contributed by atoms with Gasteiger partial charge in [-0.15, -0.1) is 0 Å². The lowest BCUT2D eigenvalue weighted by molar-refractivity contribution is -0.0448. The number of anilines is 1. The van der Waals surface area contributed by atoms with Crippen molar-refractivity contribution in [3.05, 3.63) is 23.8 Å². The Morgan fingerprint density at radius 2 is 2.29 bits per heavy atom. The standard InChI is InChI=1S/C20H28N4O4/c1-23-16-4-3-14(11-15(16)22-20(23)21-5-7-27-2)19(26)24-6-8-28-18-10-13(12-25)9-17(18)24/h3-4,11,13,17-18,25H,5-10,12H2,1-2H3,(H,21,22)/t13-,17+,18?/m1/s1. The van der Waals surface area contributed by atoms with E-state index in [0.29, 0.717) is 31.9 Å². The highest BCUT2D eigenvalue weighted by Crippen LogP contribution is 2.35. The lowest BCUT2D eigenvalue weighted by Gasteiger charge is -2.37. The van der Waals surface area contributed by atoms with Crippen molar-refractivity contribution in [2.24, 2.45) is 13.0 Å². The van der Waals surface area contributed by atoms with E-state index in [1.807, 2.05) is 34.7 Å². The highest BCUT2D eigenvalue weighted by Gasteiger charge is 2.42. The van der Waals surface area contributed by atoms with Gasteiger partial charge >= 0.3 is 0 Å².